The largest absolute Gasteiger partial charge is 0.314 e. The number of aromatic nitrogens is 3. The van der Waals surface area contributed by atoms with Crippen LogP contribution in [0.25, 0.3) is 0 Å². The van der Waals surface area contributed by atoms with E-state index in [0.29, 0.717) is 6.04 Å². The van der Waals surface area contributed by atoms with Gasteiger partial charge in [-0.05, 0) is 24.6 Å². The summed E-state index contributed by atoms with van der Waals surface area (Å²) in [7, 11) is 0. The molecule has 6 heteroatoms. The molecule has 3 heterocycles. The maximum absolute atomic E-state index is 4.11. The molecule has 3 rings (SSSR count). The molecule has 1 aliphatic rings. The van der Waals surface area contributed by atoms with Gasteiger partial charge >= 0.3 is 0 Å². The van der Waals surface area contributed by atoms with E-state index >= 15 is 0 Å². The highest BCUT2D eigenvalue weighted by molar-refractivity contribution is 5.85. The molecular weight excluding hydrogens is 274 g/mol. The number of H-pyrrole nitrogens is 1. The van der Waals surface area contributed by atoms with E-state index in [4.69, 9.17) is 0 Å². The van der Waals surface area contributed by atoms with E-state index in [1.165, 1.54) is 11.1 Å². The summed E-state index contributed by atoms with van der Waals surface area (Å²) >= 11 is 0. The minimum Gasteiger partial charge on any atom is -0.314 e. The Morgan fingerprint density at radius 2 is 2.15 bits per heavy atom. The van der Waals surface area contributed by atoms with Gasteiger partial charge in [0.2, 0.25) is 0 Å². The molecule has 108 valence electrons. The van der Waals surface area contributed by atoms with Gasteiger partial charge in [-0.2, -0.15) is 5.10 Å². The lowest BCUT2D eigenvalue weighted by molar-refractivity contribution is 0.153. The van der Waals surface area contributed by atoms with E-state index < -0.39 is 0 Å². The van der Waals surface area contributed by atoms with Crippen molar-refractivity contribution in [1.82, 2.24) is 25.4 Å². The monoisotopic (exact) mass is 293 g/mol. The molecule has 1 unspecified atom stereocenters. The first-order chi connectivity index (χ1) is 9.34. The van der Waals surface area contributed by atoms with Crippen molar-refractivity contribution in [2.24, 2.45) is 0 Å². The molecule has 0 aliphatic carbocycles. The van der Waals surface area contributed by atoms with E-state index in [1.807, 2.05) is 18.6 Å². The first kappa shape index (κ1) is 15.0. The molecule has 5 nitrogen and oxygen atoms in total. The van der Waals surface area contributed by atoms with Gasteiger partial charge in [0.05, 0.1) is 6.20 Å². The van der Waals surface area contributed by atoms with Crippen LogP contribution < -0.4 is 5.32 Å². The van der Waals surface area contributed by atoms with Crippen LogP contribution in [0.3, 0.4) is 0 Å². The second-order valence-corrected chi connectivity index (χ2v) is 4.99. The zero-order valence-corrected chi connectivity index (χ0v) is 12.4. The SMILES string of the molecule is Cc1[nH]ncc1CN1CCNCC1c1ccncc1.Cl. The molecule has 1 aliphatic heterocycles. The molecular formula is C14H20ClN5. The lowest BCUT2D eigenvalue weighted by atomic mass is 10.0. The van der Waals surface area contributed by atoms with E-state index in [0.717, 1.165) is 31.9 Å². The highest BCUT2D eigenvalue weighted by atomic mass is 35.5. The predicted molar refractivity (Wildman–Crippen MR) is 80.8 cm³/mol. The second-order valence-electron chi connectivity index (χ2n) is 4.99. The van der Waals surface area contributed by atoms with Crippen molar-refractivity contribution in [2.75, 3.05) is 19.6 Å². The van der Waals surface area contributed by atoms with Crippen molar-refractivity contribution in [2.45, 2.75) is 19.5 Å². The lowest BCUT2D eigenvalue weighted by Gasteiger charge is -2.36. The number of aromatic amines is 1. The molecule has 0 saturated carbocycles. The van der Waals surface area contributed by atoms with Crippen LogP contribution in [0.1, 0.15) is 22.9 Å². The number of pyridine rings is 1. The standard InChI is InChI=1S/C14H19N5.ClH/c1-11-13(8-17-18-11)10-19-7-6-16-9-14(19)12-2-4-15-5-3-12;/h2-5,8,14,16H,6-7,9-10H2,1H3,(H,17,18);1H. The Kier molecular flexibility index (Phi) is 5.11. The van der Waals surface area contributed by atoms with Gasteiger partial charge in [-0.15, -0.1) is 12.4 Å². The van der Waals surface area contributed by atoms with Crippen LogP contribution in [0.15, 0.2) is 30.7 Å². The summed E-state index contributed by atoms with van der Waals surface area (Å²) in [4.78, 5) is 6.60. The van der Waals surface area contributed by atoms with Crippen LogP contribution in [-0.2, 0) is 6.54 Å². The number of nitrogens with one attached hydrogen (secondary N) is 2. The van der Waals surface area contributed by atoms with Crippen molar-refractivity contribution in [3.8, 4) is 0 Å². The van der Waals surface area contributed by atoms with Crippen LogP contribution in [-0.4, -0.2) is 39.7 Å². The van der Waals surface area contributed by atoms with Crippen LogP contribution in [0.4, 0.5) is 0 Å². The number of hydrogen-bond acceptors (Lipinski definition) is 4. The zero-order chi connectivity index (χ0) is 13.1. The fourth-order valence-corrected chi connectivity index (χ4v) is 2.60. The number of nitrogens with zero attached hydrogens (tertiary/aromatic N) is 3. The average molecular weight is 294 g/mol. The highest BCUT2D eigenvalue weighted by Gasteiger charge is 2.24. The second kappa shape index (κ2) is 6.83. The van der Waals surface area contributed by atoms with Crippen LogP contribution in [0.2, 0.25) is 0 Å². The highest BCUT2D eigenvalue weighted by Crippen LogP contribution is 2.23. The summed E-state index contributed by atoms with van der Waals surface area (Å²) in [5.41, 5.74) is 3.76. The lowest BCUT2D eigenvalue weighted by Crippen LogP contribution is -2.45. The third-order valence-corrected chi connectivity index (χ3v) is 3.75. The molecule has 1 atom stereocenters. The summed E-state index contributed by atoms with van der Waals surface area (Å²) in [5.74, 6) is 0. The molecule has 0 bridgehead atoms. The van der Waals surface area contributed by atoms with Crippen LogP contribution >= 0.6 is 12.4 Å². The summed E-state index contributed by atoms with van der Waals surface area (Å²) < 4.78 is 0. The van der Waals surface area contributed by atoms with Crippen molar-refractivity contribution in [3.05, 3.63) is 47.5 Å². The minimum atomic E-state index is 0. The molecule has 2 aromatic heterocycles. The Hall–Kier alpha value is -1.43. The van der Waals surface area contributed by atoms with Gasteiger partial charge in [0.15, 0.2) is 0 Å². The van der Waals surface area contributed by atoms with Gasteiger partial charge in [0.1, 0.15) is 0 Å². The van der Waals surface area contributed by atoms with Gasteiger partial charge < -0.3 is 5.32 Å². The molecule has 20 heavy (non-hydrogen) atoms. The number of piperazine rings is 1. The van der Waals surface area contributed by atoms with Crippen molar-refractivity contribution < 1.29 is 0 Å². The molecule has 0 aromatic carbocycles. The number of aryl methyl sites for hydroxylation is 1. The fourth-order valence-electron chi connectivity index (χ4n) is 2.60. The summed E-state index contributed by atoms with van der Waals surface area (Å²) in [6.45, 7) is 6.10. The van der Waals surface area contributed by atoms with Crippen molar-refractivity contribution >= 4 is 12.4 Å². The van der Waals surface area contributed by atoms with E-state index in [1.54, 1.807) is 0 Å². The quantitative estimate of drug-likeness (QED) is 0.904. The first-order valence-electron chi connectivity index (χ1n) is 6.68. The Morgan fingerprint density at radius 1 is 1.35 bits per heavy atom. The Bertz CT molecular complexity index is 527. The number of hydrogen-bond donors (Lipinski definition) is 2. The third kappa shape index (κ3) is 3.17. The van der Waals surface area contributed by atoms with Gasteiger partial charge in [0.25, 0.3) is 0 Å². The van der Waals surface area contributed by atoms with E-state index in [9.17, 15) is 0 Å². The molecule has 0 amide bonds. The molecule has 0 spiro atoms. The maximum atomic E-state index is 4.11. The topological polar surface area (TPSA) is 56.8 Å². The molecule has 0 radical (unpaired) electrons. The predicted octanol–water partition coefficient (Wildman–Crippen LogP) is 1.68. The normalized spacial score (nSPS) is 19.6. The van der Waals surface area contributed by atoms with Crippen molar-refractivity contribution in [1.29, 1.82) is 0 Å². The van der Waals surface area contributed by atoms with Crippen LogP contribution in [0, 0.1) is 6.92 Å². The van der Waals surface area contributed by atoms with E-state index in [2.05, 4.69) is 44.5 Å². The molecule has 2 aromatic rings. The maximum Gasteiger partial charge on any atom is 0.0535 e. The number of rotatable bonds is 3. The summed E-state index contributed by atoms with van der Waals surface area (Å²) in [6, 6.07) is 4.62. The summed E-state index contributed by atoms with van der Waals surface area (Å²) in [5, 5.41) is 10.6. The van der Waals surface area contributed by atoms with Gasteiger partial charge in [-0.3, -0.25) is 15.0 Å². The molecule has 1 saturated heterocycles. The average Bonchev–Trinajstić information content (AvgIpc) is 2.86. The molecule has 1 fully saturated rings. The van der Waals surface area contributed by atoms with Gasteiger partial charge in [-0.1, -0.05) is 0 Å². The Labute approximate surface area is 125 Å². The smallest absolute Gasteiger partial charge is 0.0535 e. The minimum absolute atomic E-state index is 0. The Balaban J connectivity index is 0.00000147. The van der Waals surface area contributed by atoms with Crippen molar-refractivity contribution in [3.63, 3.8) is 0 Å². The van der Waals surface area contributed by atoms with Gasteiger partial charge in [-0.25, -0.2) is 0 Å². The molecule has 2 N–H and O–H groups in total. The Morgan fingerprint density at radius 3 is 2.85 bits per heavy atom. The number of halogens is 1. The fraction of sp³-hybridized carbons (Fsp3) is 0.429. The summed E-state index contributed by atoms with van der Waals surface area (Å²) in [6.07, 6.45) is 5.66. The third-order valence-electron chi connectivity index (χ3n) is 3.75. The van der Waals surface area contributed by atoms with Gasteiger partial charge in [0, 0.05) is 55.9 Å². The zero-order valence-electron chi connectivity index (χ0n) is 11.5. The first-order valence-corrected chi connectivity index (χ1v) is 6.68. The van der Waals surface area contributed by atoms with Crippen LogP contribution in [0.5, 0.6) is 0 Å². The van der Waals surface area contributed by atoms with E-state index in [-0.39, 0.29) is 12.4 Å².